The highest BCUT2D eigenvalue weighted by Crippen LogP contribution is 2.29. The van der Waals surface area contributed by atoms with Crippen molar-refractivity contribution in [1.29, 1.82) is 0 Å². The number of carboxylic acids is 1. The molecule has 1 aliphatic rings. The lowest BCUT2D eigenvalue weighted by Crippen LogP contribution is -2.27. The minimum atomic E-state index is -1.10. The van der Waals surface area contributed by atoms with Gasteiger partial charge >= 0.3 is 11.9 Å². The molecule has 7 nitrogen and oxygen atoms in total. The second-order valence-corrected chi connectivity index (χ2v) is 5.12. The molecule has 7 heteroatoms. The molecule has 1 aliphatic heterocycles. The van der Waals surface area contributed by atoms with Gasteiger partial charge in [0.25, 0.3) is 0 Å². The van der Waals surface area contributed by atoms with Gasteiger partial charge in [0.15, 0.2) is 11.5 Å². The number of carbonyl (C=O) groups is 2. The number of nitrogens with zero attached hydrogens (tertiary/aromatic N) is 3. The third-order valence-corrected chi connectivity index (χ3v) is 3.84. The minimum Gasteiger partial charge on any atom is -0.476 e. The molecule has 0 aromatic carbocycles. The summed E-state index contributed by atoms with van der Waals surface area (Å²) in [5.41, 5.74) is 1.15. The molecule has 0 bridgehead atoms. The van der Waals surface area contributed by atoms with Gasteiger partial charge in [-0.25, -0.2) is 9.78 Å². The average molecular weight is 301 g/mol. The number of fused-ring (bicyclic) bond motifs is 1. The lowest BCUT2D eigenvalue weighted by Gasteiger charge is -2.23. The van der Waals surface area contributed by atoms with E-state index in [4.69, 9.17) is 4.74 Å². The summed E-state index contributed by atoms with van der Waals surface area (Å²) in [4.78, 5) is 31.6. The van der Waals surface area contributed by atoms with Gasteiger partial charge in [0.05, 0.1) is 18.7 Å². The standard InChI is InChI=1S/C15H15N3O4/c1-22-15(21)9-5-7-18-11(8-9)12(14(19)20)17-13(18)10-4-2-3-6-16-10/h2-4,6,9H,5,7-8H2,1H3,(H,19,20). The SMILES string of the molecule is COC(=O)C1CCn2c(-c3ccccn3)nc(C(=O)O)c2C1. The Morgan fingerprint density at radius 3 is 2.86 bits per heavy atom. The van der Waals surface area contributed by atoms with Crippen LogP contribution in [0.15, 0.2) is 24.4 Å². The van der Waals surface area contributed by atoms with Crippen LogP contribution in [0.4, 0.5) is 0 Å². The summed E-state index contributed by atoms with van der Waals surface area (Å²) in [5, 5.41) is 9.37. The largest absolute Gasteiger partial charge is 0.476 e. The van der Waals surface area contributed by atoms with Crippen molar-refractivity contribution in [1.82, 2.24) is 14.5 Å². The fourth-order valence-corrected chi connectivity index (χ4v) is 2.78. The highest BCUT2D eigenvalue weighted by Gasteiger charge is 2.32. The van der Waals surface area contributed by atoms with Gasteiger partial charge in [-0.2, -0.15) is 0 Å². The fourth-order valence-electron chi connectivity index (χ4n) is 2.78. The van der Waals surface area contributed by atoms with Gasteiger partial charge in [0.2, 0.25) is 0 Å². The quantitative estimate of drug-likeness (QED) is 0.861. The molecule has 3 heterocycles. The molecule has 0 fully saturated rings. The van der Waals surface area contributed by atoms with Crippen LogP contribution in [0.25, 0.3) is 11.5 Å². The van der Waals surface area contributed by atoms with Crippen LogP contribution < -0.4 is 0 Å². The molecule has 0 saturated heterocycles. The molecular formula is C15H15N3O4. The van der Waals surface area contributed by atoms with Crippen LogP contribution in [-0.4, -0.2) is 38.7 Å². The van der Waals surface area contributed by atoms with Crippen molar-refractivity contribution in [3.63, 3.8) is 0 Å². The number of hydrogen-bond donors (Lipinski definition) is 1. The van der Waals surface area contributed by atoms with Crippen LogP contribution in [0.3, 0.4) is 0 Å². The molecule has 0 saturated carbocycles. The summed E-state index contributed by atoms with van der Waals surface area (Å²) in [5.74, 6) is -1.22. The van der Waals surface area contributed by atoms with E-state index in [1.165, 1.54) is 7.11 Å². The molecule has 0 amide bonds. The second kappa shape index (κ2) is 5.59. The molecule has 0 aliphatic carbocycles. The number of ether oxygens (including phenoxy) is 1. The fraction of sp³-hybridized carbons (Fsp3) is 0.333. The molecule has 0 spiro atoms. The summed E-state index contributed by atoms with van der Waals surface area (Å²) in [6, 6.07) is 5.40. The molecule has 0 radical (unpaired) electrons. The van der Waals surface area contributed by atoms with E-state index in [1.54, 1.807) is 18.3 Å². The molecule has 2 aromatic heterocycles. The summed E-state index contributed by atoms with van der Waals surface area (Å²) in [6.45, 7) is 0.515. The second-order valence-electron chi connectivity index (χ2n) is 5.12. The number of hydrogen-bond acceptors (Lipinski definition) is 5. The predicted octanol–water partition coefficient (Wildman–Crippen LogP) is 1.38. The highest BCUT2D eigenvalue weighted by atomic mass is 16.5. The molecule has 114 valence electrons. The van der Waals surface area contributed by atoms with Crippen LogP contribution >= 0.6 is 0 Å². The monoisotopic (exact) mass is 301 g/mol. The van der Waals surface area contributed by atoms with E-state index in [0.717, 1.165) is 0 Å². The summed E-state index contributed by atoms with van der Waals surface area (Å²) < 4.78 is 6.61. The first kappa shape index (κ1) is 14.2. The van der Waals surface area contributed by atoms with E-state index in [9.17, 15) is 14.7 Å². The molecular weight excluding hydrogens is 286 g/mol. The van der Waals surface area contributed by atoms with Gasteiger partial charge in [-0.1, -0.05) is 6.07 Å². The highest BCUT2D eigenvalue weighted by molar-refractivity contribution is 5.88. The Morgan fingerprint density at radius 1 is 1.41 bits per heavy atom. The Kier molecular flexibility index (Phi) is 3.62. The van der Waals surface area contributed by atoms with Crippen molar-refractivity contribution in [2.75, 3.05) is 7.11 Å². The van der Waals surface area contributed by atoms with E-state index in [1.807, 2.05) is 10.6 Å². The van der Waals surface area contributed by atoms with Gasteiger partial charge < -0.3 is 14.4 Å². The van der Waals surface area contributed by atoms with Crippen LogP contribution in [0.2, 0.25) is 0 Å². The number of methoxy groups -OCH3 is 1. The molecule has 1 atom stereocenters. The molecule has 1 unspecified atom stereocenters. The Labute approximate surface area is 126 Å². The molecule has 22 heavy (non-hydrogen) atoms. The van der Waals surface area contributed by atoms with Crippen molar-refractivity contribution in [2.45, 2.75) is 19.4 Å². The number of imidazole rings is 1. The zero-order valence-corrected chi connectivity index (χ0v) is 12.0. The first-order valence-electron chi connectivity index (χ1n) is 6.93. The van der Waals surface area contributed by atoms with Crippen molar-refractivity contribution in [3.05, 3.63) is 35.8 Å². The average Bonchev–Trinajstić information content (AvgIpc) is 2.94. The minimum absolute atomic E-state index is 0.0192. The zero-order valence-electron chi connectivity index (χ0n) is 12.0. The normalized spacial score (nSPS) is 16.9. The first-order chi connectivity index (χ1) is 10.6. The number of aromatic carboxylic acids is 1. The van der Waals surface area contributed by atoms with Crippen LogP contribution in [-0.2, 0) is 22.5 Å². The van der Waals surface area contributed by atoms with Gasteiger partial charge in [0.1, 0.15) is 5.69 Å². The summed E-state index contributed by atoms with van der Waals surface area (Å²) in [6.07, 6.45) is 2.54. The van der Waals surface area contributed by atoms with Crippen LogP contribution in [0.1, 0.15) is 22.6 Å². The number of rotatable bonds is 3. The van der Waals surface area contributed by atoms with Gasteiger partial charge in [0, 0.05) is 19.2 Å². The topological polar surface area (TPSA) is 94.3 Å². The lowest BCUT2D eigenvalue weighted by atomic mass is 9.95. The maximum absolute atomic E-state index is 11.7. The molecule has 3 rings (SSSR count). The predicted molar refractivity (Wildman–Crippen MR) is 76.2 cm³/mol. The van der Waals surface area contributed by atoms with Crippen molar-refractivity contribution in [2.24, 2.45) is 5.92 Å². The Morgan fingerprint density at radius 2 is 2.23 bits per heavy atom. The van der Waals surface area contributed by atoms with E-state index >= 15 is 0 Å². The zero-order chi connectivity index (χ0) is 15.7. The van der Waals surface area contributed by atoms with Gasteiger partial charge in [-0.15, -0.1) is 0 Å². The molecule has 2 aromatic rings. The third-order valence-electron chi connectivity index (χ3n) is 3.84. The number of carboxylic acid groups (broad SMARTS) is 1. The third kappa shape index (κ3) is 2.34. The number of carbonyl (C=O) groups excluding carboxylic acids is 1. The maximum atomic E-state index is 11.7. The maximum Gasteiger partial charge on any atom is 0.356 e. The van der Waals surface area contributed by atoms with Gasteiger partial charge in [-0.05, 0) is 18.6 Å². The van der Waals surface area contributed by atoms with Gasteiger partial charge in [-0.3, -0.25) is 9.78 Å². The summed E-state index contributed by atoms with van der Waals surface area (Å²) >= 11 is 0. The Balaban J connectivity index is 2.07. The van der Waals surface area contributed by atoms with Crippen LogP contribution in [0, 0.1) is 5.92 Å². The number of pyridine rings is 1. The van der Waals surface area contributed by atoms with Crippen LogP contribution in [0.5, 0.6) is 0 Å². The smallest absolute Gasteiger partial charge is 0.356 e. The van der Waals surface area contributed by atoms with Crippen molar-refractivity contribution >= 4 is 11.9 Å². The van der Waals surface area contributed by atoms with E-state index in [2.05, 4.69) is 9.97 Å². The van der Waals surface area contributed by atoms with Crippen molar-refractivity contribution in [3.8, 4) is 11.5 Å². The van der Waals surface area contributed by atoms with E-state index in [-0.39, 0.29) is 17.6 Å². The Bertz CT molecular complexity index is 724. The van der Waals surface area contributed by atoms with Crippen molar-refractivity contribution < 1.29 is 19.4 Å². The number of esters is 1. The lowest BCUT2D eigenvalue weighted by molar-refractivity contribution is -0.146. The Hall–Kier alpha value is -2.70. The van der Waals surface area contributed by atoms with E-state index < -0.39 is 5.97 Å². The number of aromatic nitrogens is 3. The first-order valence-corrected chi connectivity index (χ1v) is 6.93. The van der Waals surface area contributed by atoms with E-state index in [0.29, 0.717) is 36.6 Å². The summed E-state index contributed by atoms with van der Waals surface area (Å²) in [7, 11) is 1.34. The molecule has 1 N–H and O–H groups in total.